The Morgan fingerprint density at radius 3 is 2.50 bits per heavy atom. The fourth-order valence-corrected chi connectivity index (χ4v) is 4.21. The van der Waals surface area contributed by atoms with Gasteiger partial charge in [-0.25, -0.2) is 8.42 Å². The molecular formula is C14H16N2O3S3. The molecule has 2 rings (SSSR count). The zero-order valence-corrected chi connectivity index (χ0v) is 14.5. The number of rotatable bonds is 6. The van der Waals surface area contributed by atoms with Gasteiger partial charge in [0.05, 0.1) is 21.0 Å². The minimum Gasteiger partial charge on any atom is -0.317 e. The summed E-state index contributed by atoms with van der Waals surface area (Å²) >= 11 is 2.79. The van der Waals surface area contributed by atoms with Crippen LogP contribution in [-0.2, 0) is 10.0 Å². The highest BCUT2D eigenvalue weighted by atomic mass is 32.2. The lowest BCUT2D eigenvalue weighted by molar-refractivity contribution is 0.0963. The molecule has 0 aliphatic heterocycles. The number of carbonyl (C=O) groups excluding carboxylic acids is 1. The third-order valence-corrected chi connectivity index (χ3v) is 5.73. The number of nitrogens with one attached hydrogen (secondary N) is 1. The van der Waals surface area contributed by atoms with E-state index in [9.17, 15) is 13.2 Å². The van der Waals surface area contributed by atoms with Gasteiger partial charge >= 0.3 is 0 Å². The third kappa shape index (κ3) is 4.10. The van der Waals surface area contributed by atoms with Gasteiger partial charge in [-0.15, -0.1) is 23.1 Å². The average molecular weight is 356 g/mol. The van der Waals surface area contributed by atoms with Gasteiger partial charge < -0.3 is 5.73 Å². The predicted octanol–water partition coefficient (Wildman–Crippen LogP) is 2.72. The number of benzene rings is 1. The van der Waals surface area contributed by atoms with Crippen molar-refractivity contribution in [2.75, 3.05) is 17.2 Å². The Kier molecular flexibility index (Phi) is 5.28. The lowest BCUT2D eigenvalue weighted by Crippen LogP contribution is -2.22. The summed E-state index contributed by atoms with van der Waals surface area (Å²) in [6.45, 7) is 0. The Hall–Kier alpha value is -1.35. The standard InChI is InChI=1S/C14H16N2O3S3/c1-20-11-8-10(16-22(2,18)19)14(21-11)12(15)13(17)9-6-4-3-5-7-9/h3-8,12,16H,15H2,1-2H3. The maximum Gasteiger partial charge on any atom is 0.229 e. The molecule has 0 aliphatic carbocycles. The van der Waals surface area contributed by atoms with E-state index in [-0.39, 0.29) is 5.78 Å². The Labute approximate surface area is 138 Å². The van der Waals surface area contributed by atoms with Crippen LogP contribution in [0.1, 0.15) is 21.3 Å². The molecule has 118 valence electrons. The van der Waals surface area contributed by atoms with E-state index in [0.717, 1.165) is 10.5 Å². The Bertz CT molecular complexity index is 770. The number of carbonyl (C=O) groups is 1. The van der Waals surface area contributed by atoms with Gasteiger partial charge in [-0.1, -0.05) is 30.3 Å². The predicted molar refractivity (Wildman–Crippen MR) is 92.3 cm³/mol. The largest absolute Gasteiger partial charge is 0.317 e. The number of sulfonamides is 1. The first-order valence-electron chi connectivity index (χ1n) is 6.32. The number of anilines is 1. The summed E-state index contributed by atoms with van der Waals surface area (Å²) in [5.74, 6) is -0.244. The zero-order chi connectivity index (χ0) is 16.3. The molecule has 0 fully saturated rings. The number of nitrogens with two attached hydrogens (primary N) is 1. The van der Waals surface area contributed by atoms with E-state index < -0.39 is 16.1 Å². The third-order valence-electron chi connectivity index (χ3n) is 2.86. The Morgan fingerprint density at radius 1 is 1.32 bits per heavy atom. The molecule has 1 aromatic carbocycles. The molecule has 0 saturated carbocycles. The van der Waals surface area contributed by atoms with Gasteiger partial charge in [-0.05, 0) is 12.3 Å². The van der Waals surface area contributed by atoms with Gasteiger partial charge in [0.2, 0.25) is 10.0 Å². The molecule has 0 bridgehead atoms. The lowest BCUT2D eigenvalue weighted by atomic mass is 10.0. The van der Waals surface area contributed by atoms with Crippen molar-refractivity contribution in [3.05, 3.63) is 46.8 Å². The van der Waals surface area contributed by atoms with Gasteiger partial charge in [0.1, 0.15) is 6.04 Å². The van der Waals surface area contributed by atoms with Gasteiger partial charge in [-0.2, -0.15) is 0 Å². The van der Waals surface area contributed by atoms with Crippen molar-refractivity contribution >= 4 is 44.6 Å². The normalized spacial score (nSPS) is 12.9. The van der Waals surface area contributed by atoms with E-state index in [4.69, 9.17) is 5.73 Å². The molecule has 5 nitrogen and oxygen atoms in total. The van der Waals surface area contributed by atoms with Gasteiger partial charge in [0, 0.05) is 5.56 Å². The van der Waals surface area contributed by atoms with Crippen LogP contribution < -0.4 is 10.5 Å². The number of hydrogen-bond donors (Lipinski definition) is 2. The van der Waals surface area contributed by atoms with Gasteiger partial charge in [-0.3, -0.25) is 9.52 Å². The van der Waals surface area contributed by atoms with Crippen molar-refractivity contribution in [3.8, 4) is 0 Å². The minimum absolute atomic E-state index is 0.244. The molecule has 8 heteroatoms. The van der Waals surface area contributed by atoms with Crippen LogP contribution in [0.4, 0.5) is 5.69 Å². The van der Waals surface area contributed by atoms with Crippen LogP contribution in [0.15, 0.2) is 40.6 Å². The topological polar surface area (TPSA) is 89.3 Å². The first-order chi connectivity index (χ1) is 10.3. The number of Topliss-reactive ketones (excluding diaryl/α,β-unsaturated/α-hetero) is 1. The van der Waals surface area contributed by atoms with Crippen molar-refractivity contribution in [1.29, 1.82) is 0 Å². The average Bonchev–Trinajstić information content (AvgIpc) is 2.87. The first-order valence-corrected chi connectivity index (χ1v) is 10.3. The highest BCUT2D eigenvalue weighted by Crippen LogP contribution is 2.37. The molecule has 0 amide bonds. The van der Waals surface area contributed by atoms with E-state index in [1.165, 1.54) is 23.1 Å². The maximum absolute atomic E-state index is 12.5. The monoisotopic (exact) mass is 356 g/mol. The molecule has 0 radical (unpaired) electrons. The maximum atomic E-state index is 12.5. The van der Waals surface area contributed by atoms with E-state index in [2.05, 4.69) is 4.72 Å². The molecule has 0 saturated heterocycles. The lowest BCUT2D eigenvalue weighted by Gasteiger charge is -2.12. The fourth-order valence-electron chi connectivity index (χ4n) is 1.89. The SMILES string of the molecule is CSc1cc(NS(C)(=O)=O)c(C(N)C(=O)c2ccccc2)s1. The fraction of sp³-hybridized carbons (Fsp3) is 0.214. The van der Waals surface area contributed by atoms with E-state index in [1.54, 1.807) is 30.3 Å². The molecule has 1 aromatic heterocycles. The minimum atomic E-state index is -3.44. The van der Waals surface area contributed by atoms with Crippen LogP contribution in [0.25, 0.3) is 0 Å². The molecule has 1 unspecified atom stereocenters. The number of ketones is 1. The van der Waals surface area contributed by atoms with Crippen LogP contribution in [0.3, 0.4) is 0 Å². The molecule has 22 heavy (non-hydrogen) atoms. The van der Waals surface area contributed by atoms with E-state index in [1.807, 2.05) is 12.3 Å². The quantitative estimate of drug-likeness (QED) is 0.613. The summed E-state index contributed by atoms with van der Waals surface area (Å²) in [6, 6.07) is 9.51. The van der Waals surface area contributed by atoms with E-state index in [0.29, 0.717) is 16.1 Å². The molecule has 3 N–H and O–H groups in total. The molecule has 0 aliphatic rings. The van der Waals surface area contributed by atoms with Crippen molar-refractivity contribution < 1.29 is 13.2 Å². The molecule has 2 aromatic rings. The van der Waals surface area contributed by atoms with Crippen LogP contribution in [0, 0.1) is 0 Å². The van der Waals surface area contributed by atoms with Crippen LogP contribution in [-0.4, -0.2) is 26.7 Å². The van der Waals surface area contributed by atoms with Gasteiger partial charge in [0.25, 0.3) is 0 Å². The van der Waals surface area contributed by atoms with Crippen molar-refractivity contribution in [2.24, 2.45) is 5.73 Å². The summed E-state index contributed by atoms with van der Waals surface area (Å²) < 4.78 is 26.3. The summed E-state index contributed by atoms with van der Waals surface area (Å²) in [5, 5.41) is 0. The number of thioether (sulfide) groups is 1. The van der Waals surface area contributed by atoms with Crippen molar-refractivity contribution in [1.82, 2.24) is 0 Å². The van der Waals surface area contributed by atoms with Crippen molar-refractivity contribution in [3.63, 3.8) is 0 Å². The smallest absolute Gasteiger partial charge is 0.229 e. The number of thiophene rings is 1. The summed E-state index contributed by atoms with van der Waals surface area (Å²) in [4.78, 5) is 13.0. The van der Waals surface area contributed by atoms with Crippen LogP contribution >= 0.6 is 23.1 Å². The summed E-state index contributed by atoms with van der Waals surface area (Å²) in [6.07, 6.45) is 2.95. The molecule has 1 heterocycles. The van der Waals surface area contributed by atoms with Gasteiger partial charge in [0.15, 0.2) is 5.78 Å². The zero-order valence-electron chi connectivity index (χ0n) is 12.1. The number of hydrogen-bond acceptors (Lipinski definition) is 6. The van der Waals surface area contributed by atoms with Crippen molar-refractivity contribution in [2.45, 2.75) is 10.3 Å². The Balaban J connectivity index is 2.38. The molecule has 1 atom stereocenters. The Morgan fingerprint density at radius 2 is 1.95 bits per heavy atom. The summed E-state index contributed by atoms with van der Waals surface area (Å²) in [5.41, 5.74) is 6.94. The van der Waals surface area contributed by atoms with Crippen LogP contribution in [0.2, 0.25) is 0 Å². The highest BCUT2D eigenvalue weighted by molar-refractivity contribution is 8.00. The first kappa shape index (κ1) is 17.0. The molecular weight excluding hydrogens is 340 g/mol. The summed E-state index contributed by atoms with van der Waals surface area (Å²) in [7, 11) is -3.44. The highest BCUT2D eigenvalue weighted by Gasteiger charge is 2.24. The second-order valence-corrected chi connectivity index (χ2v) is 8.57. The second kappa shape index (κ2) is 6.82. The van der Waals surface area contributed by atoms with E-state index >= 15 is 0 Å². The molecule has 0 spiro atoms. The van der Waals surface area contributed by atoms with Crippen LogP contribution in [0.5, 0.6) is 0 Å². The second-order valence-electron chi connectivity index (χ2n) is 4.63.